The highest BCUT2D eigenvalue weighted by molar-refractivity contribution is 7.89. The molecule has 0 atom stereocenters. The number of sulfonamides is 1. The maximum Gasteiger partial charge on any atom is 0.243 e. The van der Waals surface area contributed by atoms with E-state index in [0.29, 0.717) is 0 Å². The fourth-order valence-corrected chi connectivity index (χ4v) is 4.35. The third-order valence-electron chi connectivity index (χ3n) is 4.07. The van der Waals surface area contributed by atoms with E-state index in [1.165, 1.54) is 22.5 Å². The molecule has 0 aliphatic carbocycles. The molecule has 4 nitrogen and oxygen atoms in total. The Kier molecular flexibility index (Phi) is 4.46. The van der Waals surface area contributed by atoms with E-state index in [1.54, 1.807) is 12.1 Å². The number of carbonyl (C=O) groups is 1. The molecule has 0 N–H and O–H groups in total. The molecular formula is C17H15ClFNO3S. The predicted molar refractivity (Wildman–Crippen MR) is 89.1 cm³/mol. The number of rotatable bonds is 2. The van der Waals surface area contributed by atoms with Gasteiger partial charge < -0.3 is 0 Å². The Balaban J connectivity index is 2.06. The number of Topliss-reactive ketones (excluding diaryl/α,β-unsaturated/α-hetero) is 1. The van der Waals surface area contributed by atoms with Crippen LogP contribution in [-0.4, -0.2) is 25.1 Å². The van der Waals surface area contributed by atoms with Crippen molar-refractivity contribution in [3.05, 3.63) is 63.9 Å². The van der Waals surface area contributed by atoms with Crippen LogP contribution in [0.15, 0.2) is 41.3 Å². The summed E-state index contributed by atoms with van der Waals surface area (Å²) in [7, 11) is -3.80. The Hall–Kier alpha value is -1.76. The number of benzene rings is 2. The number of ketones is 1. The molecule has 0 unspecified atom stereocenters. The van der Waals surface area contributed by atoms with Crippen LogP contribution in [0.1, 0.15) is 27.9 Å². The molecule has 0 saturated carbocycles. The topological polar surface area (TPSA) is 54.5 Å². The third-order valence-corrected chi connectivity index (χ3v) is 6.28. The second-order valence-electron chi connectivity index (χ2n) is 5.71. The summed E-state index contributed by atoms with van der Waals surface area (Å²) in [6.45, 7) is 1.72. The smallest absolute Gasteiger partial charge is 0.243 e. The van der Waals surface area contributed by atoms with Crippen molar-refractivity contribution < 1.29 is 17.6 Å². The monoisotopic (exact) mass is 367 g/mol. The van der Waals surface area contributed by atoms with Crippen molar-refractivity contribution in [1.29, 1.82) is 0 Å². The minimum atomic E-state index is -3.80. The van der Waals surface area contributed by atoms with Gasteiger partial charge in [0.25, 0.3) is 0 Å². The Morgan fingerprint density at radius 3 is 2.46 bits per heavy atom. The molecule has 0 radical (unpaired) electrons. The van der Waals surface area contributed by atoms with Gasteiger partial charge in [-0.15, -0.1) is 0 Å². The lowest BCUT2D eigenvalue weighted by Gasteiger charge is -2.21. The number of nitrogens with zero attached hydrogens (tertiary/aromatic N) is 1. The average Bonchev–Trinajstić information content (AvgIpc) is 2.72. The Morgan fingerprint density at radius 1 is 1.12 bits per heavy atom. The molecule has 1 heterocycles. The lowest BCUT2D eigenvalue weighted by Crippen LogP contribution is -2.31. The van der Waals surface area contributed by atoms with Crippen molar-refractivity contribution >= 4 is 27.4 Å². The van der Waals surface area contributed by atoms with Crippen LogP contribution in [-0.2, 0) is 16.6 Å². The maximum absolute atomic E-state index is 14.0. The highest BCUT2D eigenvalue weighted by Gasteiger charge is 2.32. The van der Waals surface area contributed by atoms with Gasteiger partial charge in [-0.3, -0.25) is 4.79 Å². The van der Waals surface area contributed by atoms with Crippen LogP contribution < -0.4 is 0 Å². The van der Waals surface area contributed by atoms with Gasteiger partial charge in [0.1, 0.15) is 5.82 Å². The van der Waals surface area contributed by atoms with E-state index in [0.717, 1.165) is 11.6 Å². The largest absolute Gasteiger partial charge is 0.294 e. The van der Waals surface area contributed by atoms with Crippen LogP contribution in [0.3, 0.4) is 0 Å². The molecule has 0 fully saturated rings. The molecule has 126 valence electrons. The Bertz CT molecular complexity index is 910. The highest BCUT2D eigenvalue weighted by Crippen LogP contribution is 2.30. The number of aryl methyl sites for hydroxylation is 1. The molecule has 1 aliphatic heterocycles. The molecule has 7 heteroatoms. The zero-order chi connectivity index (χ0) is 17.5. The van der Waals surface area contributed by atoms with E-state index < -0.39 is 21.6 Å². The van der Waals surface area contributed by atoms with Gasteiger partial charge in [0, 0.05) is 24.5 Å². The van der Waals surface area contributed by atoms with Crippen LogP contribution in [0.2, 0.25) is 5.02 Å². The number of halogens is 2. The van der Waals surface area contributed by atoms with Crippen molar-refractivity contribution in [3.8, 4) is 0 Å². The number of hydrogen-bond acceptors (Lipinski definition) is 3. The molecule has 0 aromatic heterocycles. The molecule has 1 aliphatic rings. The van der Waals surface area contributed by atoms with Crippen LogP contribution >= 0.6 is 11.6 Å². The zero-order valence-electron chi connectivity index (χ0n) is 12.9. The van der Waals surface area contributed by atoms with Gasteiger partial charge in [-0.25, -0.2) is 12.8 Å². The van der Waals surface area contributed by atoms with Crippen LogP contribution in [0.25, 0.3) is 0 Å². The highest BCUT2D eigenvalue weighted by atomic mass is 35.5. The van der Waals surface area contributed by atoms with Crippen LogP contribution in [0.5, 0.6) is 0 Å². The number of fused-ring (bicyclic) bond motifs is 1. The Labute approximate surface area is 144 Å². The minimum Gasteiger partial charge on any atom is -0.294 e. The summed E-state index contributed by atoms with van der Waals surface area (Å²) in [5.41, 5.74) is 1.05. The summed E-state index contributed by atoms with van der Waals surface area (Å²) in [6, 6.07) is 8.91. The molecule has 0 amide bonds. The normalized spacial score (nSPS) is 15.9. The van der Waals surface area contributed by atoms with Crippen LogP contribution in [0.4, 0.5) is 4.39 Å². The molecule has 2 aromatic carbocycles. The van der Waals surface area contributed by atoms with E-state index in [2.05, 4.69) is 0 Å². The van der Waals surface area contributed by atoms with Gasteiger partial charge in [-0.05, 0) is 36.8 Å². The molecule has 2 aromatic rings. The van der Waals surface area contributed by atoms with Gasteiger partial charge >= 0.3 is 0 Å². The fraction of sp³-hybridized carbons (Fsp3) is 0.235. The SMILES string of the molecule is Cc1ccc(S(=O)(=O)N2CCC(=O)c3c(F)ccc(Cl)c3C2)cc1. The predicted octanol–water partition coefficient (Wildman–Crippen LogP) is 3.56. The minimum absolute atomic E-state index is 0.0144. The molecule has 0 saturated heterocycles. The summed E-state index contributed by atoms with van der Waals surface area (Å²) in [5.74, 6) is -1.11. The fourth-order valence-electron chi connectivity index (χ4n) is 2.72. The second-order valence-corrected chi connectivity index (χ2v) is 8.05. The first kappa shape index (κ1) is 17.1. The van der Waals surface area contributed by atoms with Gasteiger partial charge in [0.05, 0.1) is 10.5 Å². The number of hydrogen-bond donors (Lipinski definition) is 0. The summed E-state index contributed by atoms with van der Waals surface area (Å²) in [6.07, 6.45) is -0.0879. The van der Waals surface area contributed by atoms with E-state index in [9.17, 15) is 17.6 Å². The van der Waals surface area contributed by atoms with Gasteiger partial charge in [0.2, 0.25) is 10.0 Å². The van der Waals surface area contributed by atoms with E-state index in [4.69, 9.17) is 11.6 Å². The lowest BCUT2D eigenvalue weighted by molar-refractivity contribution is 0.0977. The van der Waals surface area contributed by atoms with Crippen LogP contribution in [0, 0.1) is 12.7 Å². The van der Waals surface area contributed by atoms with Crippen molar-refractivity contribution in [3.63, 3.8) is 0 Å². The van der Waals surface area contributed by atoms with Crippen molar-refractivity contribution in [1.82, 2.24) is 4.31 Å². The van der Waals surface area contributed by atoms with E-state index in [-0.39, 0.29) is 40.6 Å². The lowest BCUT2D eigenvalue weighted by atomic mass is 10.0. The van der Waals surface area contributed by atoms with Gasteiger partial charge in [0.15, 0.2) is 5.78 Å². The molecule has 0 spiro atoms. The van der Waals surface area contributed by atoms with Crippen molar-refractivity contribution in [2.75, 3.05) is 6.54 Å². The first-order chi connectivity index (χ1) is 11.3. The second kappa shape index (κ2) is 6.27. The summed E-state index contributed by atoms with van der Waals surface area (Å²) in [4.78, 5) is 12.3. The molecule has 0 bridgehead atoms. The third kappa shape index (κ3) is 2.97. The summed E-state index contributed by atoms with van der Waals surface area (Å²) in [5, 5.41) is 0.186. The van der Waals surface area contributed by atoms with E-state index >= 15 is 0 Å². The Morgan fingerprint density at radius 2 is 1.79 bits per heavy atom. The maximum atomic E-state index is 14.0. The first-order valence-electron chi connectivity index (χ1n) is 7.37. The summed E-state index contributed by atoms with van der Waals surface area (Å²) >= 11 is 6.09. The quantitative estimate of drug-likeness (QED) is 0.815. The number of carbonyl (C=O) groups excluding carboxylic acids is 1. The molecule has 3 rings (SSSR count). The first-order valence-corrected chi connectivity index (χ1v) is 9.19. The molecule has 24 heavy (non-hydrogen) atoms. The van der Waals surface area contributed by atoms with Crippen molar-refractivity contribution in [2.24, 2.45) is 0 Å². The van der Waals surface area contributed by atoms with Crippen molar-refractivity contribution in [2.45, 2.75) is 24.8 Å². The van der Waals surface area contributed by atoms with E-state index in [1.807, 2.05) is 6.92 Å². The van der Waals surface area contributed by atoms with Gasteiger partial charge in [-0.2, -0.15) is 4.31 Å². The van der Waals surface area contributed by atoms with Gasteiger partial charge in [-0.1, -0.05) is 29.3 Å². The zero-order valence-corrected chi connectivity index (χ0v) is 14.5. The molecular weight excluding hydrogens is 353 g/mol. The summed E-state index contributed by atoms with van der Waals surface area (Å²) < 4.78 is 40.9. The standard InChI is InChI=1S/C17H15ClFNO3S/c1-11-2-4-12(5-3-11)24(22,23)20-9-8-16(21)17-13(10-20)14(18)6-7-15(17)19/h2-7H,8-10H2,1H3. The average molecular weight is 368 g/mol.